The molecule has 0 aliphatic carbocycles. The molecule has 0 N–H and O–H groups in total. The Hall–Kier alpha value is -2.15. The molecule has 0 radical (unpaired) electrons. The third-order valence-electron chi connectivity index (χ3n) is 8.33. The van der Waals surface area contributed by atoms with E-state index in [4.69, 9.17) is 0 Å². The van der Waals surface area contributed by atoms with Crippen LogP contribution in [0.15, 0.2) is 182 Å². The quantitative estimate of drug-likeness (QED) is 0.0711. The van der Waals surface area contributed by atoms with Gasteiger partial charge in [0.15, 0.2) is 0 Å². The zero-order valence-corrected chi connectivity index (χ0v) is 36.0. The number of halogens is 7. The molecule has 0 aliphatic heterocycles. The predicted octanol–water partition coefficient (Wildman–Crippen LogP) is 12.9. The summed E-state index contributed by atoms with van der Waals surface area (Å²) in [5.74, 6) is 0. The summed E-state index contributed by atoms with van der Waals surface area (Å²) in [6, 6.07) is 67.8. The molecule has 6 aromatic carbocycles. The van der Waals surface area contributed by atoms with E-state index in [0.29, 0.717) is 0 Å². The Morgan fingerprint density at radius 2 is 0.455 bits per heavy atom. The fourth-order valence-corrected chi connectivity index (χ4v) is 18.0. The van der Waals surface area contributed by atoms with Crippen LogP contribution in [0.5, 0.6) is 0 Å². The van der Waals surface area contributed by atoms with Crippen molar-refractivity contribution in [2.75, 3.05) is 37.0 Å². The Morgan fingerprint density at radius 1 is 0.309 bits per heavy atom. The van der Waals surface area contributed by atoms with Crippen LogP contribution in [0, 0.1) is 0 Å². The van der Waals surface area contributed by atoms with E-state index in [1.165, 1.54) is 68.8 Å². The second-order valence-corrected chi connectivity index (χ2v) is 23.9. The molecule has 55 heavy (non-hydrogen) atoms. The first-order valence-electron chi connectivity index (χ1n) is 17.3. The molecule has 0 aromatic heterocycles. The summed E-state index contributed by atoms with van der Waals surface area (Å²) in [6.07, 6.45) is 7.76. The molecule has 293 valence electrons. The van der Waals surface area contributed by atoms with Gasteiger partial charge in [-0.05, 0) is 92.6 Å². The van der Waals surface area contributed by atoms with Gasteiger partial charge in [0, 0.05) is 0 Å². The van der Waals surface area contributed by atoms with Crippen molar-refractivity contribution < 1.29 is 40.0 Å². The van der Waals surface area contributed by atoms with E-state index in [0.717, 1.165) is 0 Å². The Morgan fingerprint density at radius 3 is 0.600 bits per heavy atom. The van der Waals surface area contributed by atoms with Crippen LogP contribution in [0.25, 0.3) is 0 Å². The molecule has 0 aliphatic rings. The second-order valence-electron chi connectivity index (χ2n) is 12.3. The predicted molar refractivity (Wildman–Crippen MR) is 233 cm³/mol. The molecular weight excluding hydrogens is 868 g/mol. The smallest absolute Gasteiger partial charge is 0.0195 e. The zero-order valence-electron chi connectivity index (χ0n) is 29.8. The number of hydrogen-bond acceptors (Lipinski definition) is 0. The van der Waals surface area contributed by atoms with Gasteiger partial charge in [-0.15, -0.1) is 7.92 Å². The van der Waals surface area contributed by atoms with Gasteiger partial charge in [0.2, 0.25) is 0 Å². The van der Waals surface area contributed by atoms with Crippen molar-refractivity contribution in [1.82, 2.24) is 0 Å². The van der Waals surface area contributed by atoms with E-state index in [1.807, 2.05) is 0 Å². The monoisotopic (exact) mass is 909 g/mol. The van der Waals surface area contributed by atoms with E-state index in [2.05, 4.69) is 207 Å². The fourth-order valence-electron chi connectivity index (χ4n) is 5.93. The van der Waals surface area contributed by atoms with Crippen LogP contribution in [-0.4, -0.2) is 37.0 Å². The second kappa shape index (κ2) is 21.6. The van der Waals surface area contributed by atoms with Crippen LogP contribution < -0.4 is 31.8 Å². The van der Waals surface area contributed by atoms with Crippen molar-refractivity contribution in [2.45, 2.75) is 0 Å². The molecule has 0 unspecified atom stereocenters. The molecule has 6 rings (SSSR count). The van der Waals surface area contributed by atoms with E-state index in [1.54, 1.807) is 0 Å². The summed E-state index contributed by atoms with van der Waals surface area (Å²) in [4.78, 5) is 0. The molecule has 13 heteroatoms. The minimum absolute atomic E-state index is 0.152. The summed E-state index contributed by atoms with van der Waals surface area (Å²) in [7, 11) is -7.63. The first-order chi connectivity index (χ1) is 26.3. The first-order valence-corrected chi connectivity index (χ1v) is 27.3. The number of hydrogen-bond donors (Lipinski definition) is 0. The molecule has 0 amide bonds. The van der Waals surface area contributed by atoms with Crippen molar-refractivity contribution >= 4 is 81.5 Å². The van der Waals surface area contributed by atoms with Gasteiger partial charge in [-0.25, -0.2) is 0 Å². The van der Waals surface area contributed by atoms with E-state index in [-0.39, 0.29) is 31.7 Å². The van der Waals surface area contributed by atoms with Crippen LogP contribution in [0.3, 0.4) is 0 Å². The molecule has 0 spiro atoms. The maximum Gasteiger partial charge on any atom is -0.0195 e. The zero-order chi connectivity index (χ0) is 39.6. The van der Waals surface area contributed by atoms with E-state index in [9.17, 15) is 25.2 Å². The normalized spacial score (nSPS) is 12.7. The topological polar surface area (TPSA) is 0 Å². The molecule has 0 nitrogen and oxygen atoms in total. The minimum atomic E-state index is -10.7. The first kappa shape index (κ1) is 45.5. The van der Waals surface area contributed by atoms with Crippen molar-refractivity contribution in [3.63, 3.8) is 0 Å². The van der Waals surface area contributed by atoms with Gasteiger partial charge in [-0.1, -0.05) is 182 Å². The van der Waals surface area contributed by atoms with Crippen LogP contribution in [-0.2, 0) is 14.8 Å². The van der Waals surface area contributed by atoms with Crippen LogP contribution >= 0.6 is 49.6 Å². The molecule has 0 saturated carbocycles. The third kappa shape index (κ3) is 17.9. The van der Waals surface area contributed by atoms with Crippen LogP contribution in [0.2, 0.25) is 0 Å². The fraction of sp³-hybridized carbons (Fsp3) is 0.143. The number of rotatable bonds is 15. The summed E-state index contributed by atoms with van der Waals surface area (Å²) in [5, 5.41) is 9.03. The molecule has 0 fully saturated rings. The van der Waals surface area contributed by atoms with Crippen LogP contribution in [0.4, 0.5) is 25.2 Å². The molecule has 0 bridgehead atoms. The van der Waals surface area contributed by atoms with Gasteiger partial charge in [0.05, 0.1) is 0 Å². The van der Waals surface area contributed by atoms with E-state index < -0.39 is 7.81 Å². The number of benzene rings is 6. The van der Waals surface area contributed by atoms with Gasteiger partial charge < -0.3 is 0 Å². The van der Waals surface area contributed by atoms with Crippen molar-refractivity contribution in [2.24, 2.45) is 0 Å². The standard InChI is InChI=1S/C42H42P4.ClH.Co.F6P/c1-7-19-37(20-8-1)44(38-21-9-2-10-22-38)34-31-43(32-35-45(39-23-11-3-12-24-39)40-25-13-4-14-26-40)33-36-46(41-27-15-5-16-28-41)42-29-17-6-18-30-42;;;1-7(2,3,4,5)6/h1-30H,31-36H2;1H;;/q;;+2;-1/p-1. The average molecular weight is 910 g/mol. The molecule has 0 saturated heterocycles. The van der Waals surface area contributed by atoms with Gasteiger partial charge in [-0.2, -0.15) is 0 Å². The summed E-state index contributed by atoms with van der Waals surface area (Å²) < 4.78 is 59.2. The Bertz CT molecular complexity index is 1600. The van der Waals surface area contributed by atoms with Crippen LogP contribution in [0.1, 0.15) is 0 Å². The molecule has 6 aromatic rings. The molecule has 0 heterocycles. The average Bonchev–Trinajstić information content (AvgIpc) is 3.20. The maximum absolute atomic E-state index is 10.7. The van der Waals surface area contributed by atoms with Gasteiger partial charge in [-0.3, -0.25) is 0 Å². The Kier molecular flexibility index (Phi) is 17.9. The van der Waals surface area contributed by atoms with E-state index >= 15 is 0 Å². The largest absolute Gasteiger partial charge is 0.106 e. The third-order valence-corrected chi connectivity index (χ3v) is 19.5. The Balaban J connectivity index is 0.000000674. The van der Waals surface area contributed by atoms with Crippen molar-refractivity contribution in [3.8, 4) is 0 Å². The van der Waals surface area contributed by atoms with Gasteiger partial charge in [0.1, 0.15) is 0 Å². The van der Waals surface area contributed by atoms with Gasteiger partial charge >= 0.3 is 58.0 Å². The van der Waals surface area contributed by atoms with Crippen molar-refractivity contribution in [3.05, 3.63) is 182 Å². The maximum atomic E-state index is 9.87. The SMILES string of the molecule is F[P-](F)(F)(F)(F)F.[Cl][Co+].c1ccc(P(CCP(CCP(c2ccccc2)c2ccccc2)CCP(c2ccccc2)c2ccccc2)c2ccccc2)cc1. The summed E-state index contributed by atoms with van der Waals surface area (Å²) in [5.41, 5.74) is 0. The molecule has 0 atom stereocenters. The molecular formula is C42H42ClCoF6P5. The van der Waals surface area contributed by atoms with Crippen molar-refractivity contribution in [1.29, 1.82) is 0 Å². The summed E-state index contributed by atoms with van der Waals surface area (Å²) >= 11 is 3.03. The Labute approximate surface area is 338 Å². The summed E-state index contributed by atoms with van der Waals surface area (Å²) in [6.45, 7) is 0. The van der Waals surface area contributed by atoms with Gasteiger partial charge in [0.25, 0.3) is 0 Å². The minimum Gasteiger partial charge on any atom is -0.106 e.